The number of hydrogen-bond acceptors (Lipinski definition) is 4. The van der Waals surface area contributed by atoms with Gasteiger partial charge < -0.3 is 15.2 Å². The van der Waals surface area contributed by atoms with Gasteiger partial charge in [0.05, 0.1) is 12.7 Å². The van der Waals surface area contributed by atoms with Gasteiger partial charge in [0.1, 0.15) is 11.5 Å². The second kappa shape index (κ2) is 9.69. The van der Waals surface area contributed by atoms with Gasteiger partial charge >= 0.3 is 12.1 Å². The van der Waals surface area contributed by atoms with Gasteiger partial charge in [0.25, 0.3) is 0 Å². The number of carbonyl (C=O) groups is 2. The van der Waals surface area contributed by atoms with Crippen LogP contribution in [-0.4, -0.2) is 25.0 Å². The number of rotatable bonds is 8. The first-order valence-corrected chi connectivity index (χ1v) is 9.86. The number of primary amides is 1. The van der Waals surface area contributed by atoms with Gasteiger partial charge in [0, 0.05) is 23.6 Å². The largest absolute Gasteiger partial charge is 0.494 e. The Morgan fingerprint density at radius 2 is 1.63 bits per heavy atom. The number of ether oxygens (including phenoxy) is 2. The molecule has 0 unspecified atom stereocenters. The standard InChI is InChI=1S/C24H17F6NO4/c1-34-20-8-6-16(12-18(20)25)35-21-11-15(23(26,27)24(28,29)30)5-7-17(21)19(32)10-13-3-2-4-14(9-13)22(31)33/h2-9,11-12H,10H2,1H3,(H2,31,33). The van der Waals surface area contributed by atoms with Crippen LogP contribution in [0, 0.1) is 5.82 Å². The van der Waals surface area contributed by atoms with Crippen molar-refractivity contribution < 1.29 is 45.4 Å². The van der Waals surface area contributed by atoms with Crippen LogP contribution in [0.4, 0.5) is 26.3 Å². The molecule has 3 aromatic rings. The lowest BCUT2D eigenvalue weighted by Gasteiger charge is -2.21. The quantitative estimate of drug-likeness (QED) is 0.315. The first-order chi connectivity index (χ1) is 16.3. The minimum absolute atomic E-state index is 0.112. The molecule has 0 bridgehead atoms. The van der Waals surface area contributed by atoms with Crippen LogP contribution < -0.4 is 15.2 Å². The summed E-state index contributed by atoms with van der Waals surface area (Å²) in [5.74, 6) is -8.69. The minimum Gasteiger partial charge on any atom is -0.494 e. The Morgan fingerprint density at radius 1 is 0.914 bits per heavy atom. The number of benzene rings is 3. The molecule has 184 valence electrons. The van der Waals surface area contributed by atoms with E-state index in [1.165, 1.54) is 37.4 Å². The summed E-state index contributed by atoms with van der Waals surface area (Å²) < 4.78 is 90.8. The summed E-state index contributed by atoms with van der Waals surface area (Å²) in [5.41, 5.74) is 3.84. The predicted octanol–water partition coefficient (Wildman–Crippen LogP) is 5.81. The van der Waals surface area contributed by atoms with Crippen molar-refractivity contribution >= 4 is 11.7 Å². The van der Waals surface area contributed by atoms with Crippen LogP contribution in [0.15, 0.2) is 60.7 Å². The van der Waals surface area contributed by atoms with E-state index < -0.39 is 40.9 Å². The van der Waals surface area contributed by atoms with Gasteiger partial charge in [-0.3, -0.25) is 9.59 Å². The summed E-state index contributed by atoms with van der Waals surface area (Å²) in [6.07, 6.45) is -6.26. The third kappa shape index (κ3) is 5.56. The molecule has 11 heteroatoms. The van der Waals surface area contributed by atoms with E-state index in [-0.39, 0.29) is 29.0 Å². The van der Waals surface area contributed by atoms with Gasteiger partial charge in [-0.1, -0.05) is 18.2 Å². The molecule has 3 rings (SSSR count). The first-order valence-electron chi connectivity index (χ1n) is 9.86. The summed E-state index contributed by atoms with van der Waals surface area (Å²) in [7, 11) is 1.20. The maximum atomic E-state index is 14.0. The van der Waals surface area contributed by atoms with E-state index in [2.05, 4.69) is 0 Å². The zero-order chi connectivity index (χ0) is 26.0. The molecule has 1 amide bonds. The van der Waals surface area contributed by atoms with Crippen molar-refractivity contribution in [3.8, 4) is 17.2 Å². The molecule has 5 nitrogen and oxygen atoms in total. The van der Waals surface area contributed by atoms with E-state index in [0.29, 0.717) is 17.7 Å². The fourth-order valence-corrected chi connectivity index (χ4v) is 3.15. The second-order valence-electron chi connectivity index (χ2n) is 7.35. The Hall–Kier alpha value is -4.02. The van der Waals surface area contributed by atoms with E-state index in [9.17, 15) is 35.9 Å². The molecule has 0 aliphatic carbocycles. The molecule has 0 fully saturated rings. The van der Waals surface area contributed by atoms with Crippen molar-refractivity contribution in [1.29, 1.82) is 0 Å². The van der Waals surface area contributed by atoms with Crippen molar-refractivity contribution in [3.05, 3.63) is 88.7 Å². The Balaban J connectivity index is 2.04. The Morgan fingerprint density at radius 3 is 2.23 bits per heavy atom. The van der Waals surface area contributed by atoms with Gasteiger partial charge in [0.15, 0.2) is 17.3 Å². The van der Waals surface area contributed by atoms with E-state index in [1.807, 2.05) is 0 Å². The van der Waals surface area contributed by atoms with Crippen LogP contribution in [0.1, 0.15) is 31.8 Å². The van der Waals surface area contributed by atoms with Crippen LogP contribution in [0.3, 0.4) is 0 Å². The monoisotopic (exact) mass is 497 g/mol. The molecule has 0 radical (unpaired) electrons. The highest BCUT2D eigenvalue weighted by atomic mass is 19.4. The van der Waals surface area contributed by atoms with E-state index >= 15 is 0 Å². The predicted molar refractivity (Wildman–Crippen MR) is 112 cm³/mol. The lowest BCUT2D eigenvalue weighted by Crippen LogP contribution is -2.33. The van der Waals surface area contributed by atoms with Gasteiger partial charge in [0.2, 0.25) is 5.91 Å². The smallest absolute Gasteiger partial charge is 0.458 e. The molecule has 0 heterocycles. The van der Waals surface area contributed by atoms with Gasteiger partial charge in [-0.15, -0.1) is 0 Å². The molecule has 0 spiro atoms. The summed E-state index contributed by atoms with van der Waals surface area (Å²) in [6, 6.07) is 10.5. The highest BCUT2D eigenvalue weighted by Gasteiger charge is 2.58. The van der Waals surface area contributed by atoms with E-state index in [0.717, 1.165) is 18.2 Å². The number of Topliss-reactive ketones (excluding diaryl/α,β-unsaturated/α-hetero) is 1. The molecule has 0 aromatic heterocycles. The summed E-state index contributed by atoms with van der Waals surface area (Å²) >= 11 is 0. The lowest BCUT2D eigenvalue weighted by atomic mass is 9.98. The second-order valence-corrected chi connectivity index (χ2v) is 7.35. The molecule has 0 saturated heterocycles. The molecule has 2 N–H and O–H groups in total. The normalized spacial score (nSPS) is 11.7. The van der Waals surface area contributed by atoms with Crippen LogP contribution >= 0.6 is 0 Å². The average molecular weight is 497 g/mol. The molecule has 0 saturated carbocycles. The number of ketones is 1. The highest BCUT2D eigenvalue weighted by molar-refractivity contribution is 6.00. The van der Waals surface area contributed by atoms with Gasteiger partial charge in [-0.2, -0.15) is 22.0 Å². The molecular weight excluding hydrogens is 480 g/mol. The number of methoxy groups -OCH3 is 1. The van der Waals surface area contributed by atoms with E-state index in [1.54, 1.807) is 0 Å². The number of amides is 1. The highest BCUT2D eigenvalue weighted by Crippen LogP contribution is 2.45. The fraction of sp³-hybridized carbons (Fsp3) is 0.167. The maximum Gasteiger partial charge on any atom is 0.458 e. The fourth-order valence-electron chi connectivity index (χ4n) is 3.15. The molecule has 0 atom stereocenters. The van der Waals surface area contributed by atoms with Crippen molar-refractivity contribution in [2.45, 2.75) is 18.5 Å². The molecule has 0 aliphatic rings. The van der Waals surface area contributed by atoms with Crippen LogP contribution in [-0.2, 0) is 12.3 Å². The van der Waals surface area contributed by atoms with Crippen LogP contribution in [0.25, 0.3) is 0 Å². The number of alkyl halides is 5. The van der Waals surface area contributed by atoms with Gasteiger partial charge in [-0.25, -0.2) is 4.39 Å². The topological polar surface area (TPSA) is 78.6 Å². The number of hydrogen-bond donors (Lipinski definition) is 1. The molecule has 35 heavy (non-hydrogen) atoms. The molecule has 3 aromatic carbocycles. The first kappa shape index (κ1) is 25.6. The van der Waals surface area contributed by atoms with Crippen molar-refractivity contribution in [1.82, 2.24) is 0 Å². The minimum atomic E-state index is -5.91. The average Bonchev–Trinajstić information content (AvgIpc) is 2.78. The third-order valence-electron chi connectivity index (χ3n) is 4.93. The SMILES string of the molecule is COc1ccc(Oc2cc(C(F)(F)C(F)(F)F)ccc2C(=O)Cc2cccc(C(N)=O)c2)cc1F. The summed E-state index contributed by atoms with van der Waals surface area (Å²) in [5, 5.41) is 0. The number of nitrogens with two attached hydrogens (primary N) is 1. The van der Waals surface area contributed by atoms with Crippen LogP contribution in [0.5, 0.6) is 17.2 Å². The Bertz CT molecular complexity index is 1270. The summed E-state index contributed by atoms with van der Waals surface area (Å²) in [4.78, 5) is 24.3. The van der Waals surface area contributed by atoms with Crippen molar-refractivity contribution in [2.24, 2.45) is 5.73 Å². The van der Waals surface area contributed by atoms with Gasteiger partial charge in [-0.05, 0) is 42.0 Å². The number of halogens is 6. The zero-order valence-electron chi connectivity index (χ0n) is 18.0. The third-order valence-corrected chi connectivity index (χ3v) is 4.93. The Kier molecular flexibility index (Phi) is 7.09. The zero-order valence-corrected chi connectivity index (χ0v) is 18.0. The maximum absolute atomic E-state index is 14.0. The summed E-state index contributed by atoms with van der Waals surface area (Å²) in [6.45, 7) is 0. The molecular formula is C24H17F6NO4. The molecule has 0 aliphatic heterocycles. The van der Waals surface area contributed by atoms with E-state index in [4.69, 9.17) is 15.2 Å². The number of carbonyl (C=O) groups excluding carboxylic acids is 2. The van der Waals surface area contributed by atoms with Crippen molar-refractivity contribution in [3.63, 3.8) is 0 Å². The Labute approximate surface area is 195 Å². The van der Waals surface area contributed by atoms with Crippen LogP contribution in [0.2, 0.25) is 0 Å². The van der Waals surface area contributed by atoms with Crippen molar-refractivity contribution in [2.75, 3.05) is 7.11 Å². The lowest BCUT2D eigenvalue weighted by molar-refractivity contribution is -0.289.